The van der Waals surface area contributed by atoms with Crippen LogP contribution in [0.4, 0.5) is 5.69 Å². The fourth-order valence-electron chi connectivity index (χ4n) is 1.78. The van der Waals surface area contributed by atoms with Crippen molar-refractivity contribution in [2.75, 3.05) is 12.4 Å². The first-order valence-electron chi connectivity index (χ1n) is 6.25. The van der Waals surface area contributed by atoms with Crippen LogP contribution < -0.4 is 10.1 Å². The van der Waals surface area contributed by atoms with E-state index in [1.807, 2.05) is 42.6 Å². The summed E-state index contributed by atoms with van der Waals surface area (Å²) < 4.78 is 5.21. The van der Waals surface area contributed by atoms with Gasteiger partial charge in [0.25, 0.3) is 0 Å². The number of thiophene rings is 1. The summed E-state index contributed by atoms with van der Waals surface area (Å²) in [5, 5.41) is 4.86. The molecule has 1 N–H and O–H groups in total. The Bertz CT molecular complexity index is 563. The predicted octanol–water partition coefficient (Wildman–Crippen LogP) is 4.16. The third kappa shape index (κ3) is 3.58. The molecule has 1 amide bonds. The van der Waals surface area contributed by atoms with Gasteiger partial charge in [0.05, 0.1) is 12.8 Å². The van der Waals surface area contributed by atoms with Crippen LogP contribution in [0, 0.1) is 0 Å². The summed E-state index contributed by atoms with van der Waals surface area (Å²) in [6.07, 6.45) is 1.42. The van der Waals surface area contributed by atoms with Crippen LogP contribution >= 0.6 is 11.3 Å². The first-order valence-corrected chi connectivity index (χ1v) is 7.13. The van der Waals surface area contributed by atoms with Gasteiger partial charge in [0.2, 0.25) is 5.91 Å². The molecule has 1 aromatic heterocycles. The molecular formula is C15H17NO2S. The fourth-order valence-corrected chi connectivity index (χ4v) is 2.62. The summed E-state index contributed by atoms with van der Waals surface area (Å²) in [5.41, 5.74) is 1.96. The van der Waals surface area contributed by atoms with Gasteiger partial charge in [0, 0.05) is 16.7 Å². The van der Waals surface area contributed by atoms with E-state index in [2.05, 4.69) is 5.32 Å². The molecule has 0 saturated carbocycles. The van der Waals surface area contributed by atoms with Gasteiger partial charge in [-0.15, -0.1) is 11.3 Å². The predicted molar refractivity (Wildman–Crippen MR) is 79.8 cm³/mol. The minimum absolute atomic E-state index is 0.0671. The van der Waals surface area contributed by atoms with Crippen LogP contribution in [0.2, 0.25) is 0 Å². The molecule has 0 aliphatic rings. The van der Waals surface area contributed by atoms with E-state index in [0.717, 1.165) is 28.3 Å². The molecule has 0 fully saturated rings. The lowest BCUT2D eigenvalue weighted by Crippen LogP contribution is -2.09. The van der Waals surface area contributed by atoms with Gasteiger partial charge in [-0.05, 0) is 30.2 Å². The van der Waals surface area contributed by atoms with Crippen LogP contribution in [0.15, 0.2) is 35.7 Å². The third-order valence-corrected chi connectivity index (χ3v) is 3.69. The van der Waals surface area contributed by atoms with Crippen molar-refractivity contribution < 1.29 is 9.53 Å². The van der Waals surface area contributed by atoms with E-state index >= 15 is 0 Å². The Kier molecular flexibility index (Phi) is 4.58. The Hall–Kier alpha value is -1.81. The molecule has 2 rings (SSSR count). The van der Waals surface area contributed by atoms with Crippen molar-refractivity contribution in [2.45, 2.75) is 19.8 Å². The van der Waals surface area contributed by atoms with Crippen LogP contribution in [0.1, 0.15) is 19.8 Å². The number of amides is 1. The van der Waals surface area contributed by atoms with Gasteiger partial charge >= 0.3 is 0 Å². The van der Waals surface area contributed by atoms with Crippen LogP contribution in [0.5, 0.6) is 5.75 Å². The van der Waals surface area contributed by atoms with E-state index in [1.54, 1.807) is 18.4 Å². The molecule has 0 bridgehead atoms. The van der Waals surface area contributed by atoms with Crippen molar-refractivity contribution in [3.8, 4) is 16.2 Å². The number of methoxy groups -OCH3 is 1. The summed E-state index contributed by atoms with van der Waals surface area (Å²) in [6, 6.07) is 9.90. The van der Waals surface area contributed by atoms with Gasteiger partial charge in [0.15, 0.2) is 0 Å². The molecule has 0 unspecified atom stereocenters. The van der Waals surface area contributed by atoms with E-state index < -0.39 is 0 Å². The van der Waals surface area contributed by atoms with E-state index in [9.17, 15) is 4.79 Å². The van der Waals surface area contributed by atoms with Gasteiger partial charge in [-0.25, -0.2) is 0 Å². The zero-order valence-corrected chi connectivity index (χ0v) is 11.9. The monoisotopic (exact) mass is 275 g/mol. The fraction of sp³-hybridized carbons (Fsp3) is 0.267. The van der Waals surface area contributed by atoms with Crippen LogP contribution in [0.3, 0.4) is 0 Å². The van der Waals surface area contributed by atoms with Crippen molar-refractivity contribution in [3.63, 3.8) is 0 Å². The van der Waals surface area contributed by atoms with Gasteiger partial charge in [-0.1, -0.05) is 19.1 Å². The minimum atomic E-state index is 0.0671. The summed E-state index contributed by atoms with van der Waals surface area (Å²) in [4.78, 5) is 12.6. The second kappa shape index (κ2) is 6.38. The second-order valence-electron chi connectivity index (χ2n) is 4.23. The molecule has 0 saturated heterocycles. The smallest absolute Gasteiger partial charge is 0.224 e. The lowest BCUT2D eigenvalue weighted by Gasteiger charge is -2.02. The first kappa shape index (κ1) is 13.6. The molecule has 19 heavy (non-hydrogen) atoms. The Balaban J connectivity index is 2.13. The number of hydrogen-bond acceptors (Lipinski definition) is 3. The zero-order valence-electron chi connectivity index (χ0n) is 11.1. The molecule has 0 aliphatic carbocycles. The number of carbonyl (C=O) groups is 1. The molecule has 1 heterocycles. The molecule has 0 radical (unpaired) electrons. The van der Waals surface area contributed by atoms with Crippen LogP contribution in [0.25, 0.3) is 10.4 Å². The average molecular weight is 275 g/mol. The number of rotatable bonds is 5. The zero-order chi connectivity index (χ0) is 13.7. The highest BCUT2D eigenvalue weighted by Gasteiger charge is 2.06. The Morgan fingerprint density at radius 3 is 2.95 bits per heavy atom. The minimum Gasteiger partial charge on any atom is -0.497 e. The summed E-state index contributed by atoms with van der Waals surface area (Å²) in [6.45, 7) is 1.99. The normalized spacial score (nSPS) is 10.2. The largest absolute Gasteiger partial charge is 0.497 e. The van der Waals surface area contributed by atoms with E-state index in [-0.39, 0.29) is 5.91 Å². The molecule has 0 atom stereocenters. The number of benzene rings is 1. The summed E-state index contributed by atoms with van der Waals surface area (Å²) >= 11 is 1.61. The van der Waals surface area contributed by atoms with Crippen molar-refractivity contribution in [1.29, 1.82) is 0 Å². The average Bonchev–Trinajstić information content (AvgIpc) is 2.87. The van der Waals surface area contributed by atoms with Crippen molar-refractivity contribution in [1.82, 2.24) is 0 Å². The highest BCUT2D eigenvalue weighted by Crippen LogP contribution is 2.31. The van der Waals surface area contributed by atoms with Crippen LogP contribution in [-0.4, -0.2) is 13.0 Å². The van der Waals surface area contributed by atoms with E-state index in [4.69, 9.17) is 4.74 Å². The van der Waals surface area contributed by atoms with Crippen molar-refractivity contribution in [2.24, 2.45) is 0 Å². The Morgan fingerprint density at radius 2 is 2.21 bits per heavy atom. The molecular weight excluding hydrogens is 258 g/mol. The number of nitrogens with one attached hydrogen (secondary N) is 1. The maximum absolute atomic E-state index is 11.5. The molecule has 0 spiro atoms. The van der Waals surface area contributed by atoms with Gasteiger partial charge in [-0.3, -0.25) is 4.79 Å². The quantitative estimate of drug-likeness (QED) is 0.889. The summed E-state index contributed by atoms with van der Waals surface area (Å²) in [5.74, 6) is 0.903. The molecule has 4 heteroatoms. The molecule has 0 aliphatic heterocycles. The topological polar surface area (TPSA) is 38.3 Å². The number of anilines is 1. The maximum atomic E-state index is 11.5. The van der Waals surface area contributed by atoms with Crippen molar-refractivity contribution >= 4 is 22.9 Å². The highest BCUT2D eigenvalue weighted by atomic mass is 32.1. The lowest BCUT2D eigenvalue weighted by atomic mass is 10.2. The van der Waals surface area contributed by atoms with Crippen LogP contribution in [-0.2, 0) is 4.79 Å². The van der Waals surface area contributed by atoms with Gasteiger partial charge < -0.3 is 10.1 Å². The molecule has 100 valence electrons. The lowest BCUT2D eigenvalue weighted by molar-refractivity contribution is -0.116. The highest BCUT2D eigenvalue weighted by molar-refractivity contribution is 7.14. The van der Waals surface area contributed by atoms with Gasteiger partial charge in [-0.2, -0.15) is 0 Å². The number of hydrogen-bond donors (Lipinski definition) is 1. The number of carbonyl (C=O) groups excluding carboxylic acids is 1. The van der Waals surface area contributed by atoms with Crippen molar-refractivity contribution in [3.05, 3.63) is 35.7 Å². The SMILES string of the molecule is CCCC(=O)Nc1csc(-c2cccc(OC)c2)c1. The third-order valence-electron chi connectivity index (χ3n) is 2.71. The second-order valence-corrected chi connectivity index (χ2v) is 5.14. The first-order chi connectivity index (χ1) is 9.22. The Labute approximate surface area is 117 Å². The molecule has 2 aromatic rings. The number of ether oxygens (including phenoxy) is 1. The van der Waals surface area contributed by atoms with Gasteiger partial charge in [0.1, 0.15) is 5.75 Å². The Morgan fingerprint density at radius 1 is 1.37 bits per heavy atom. The summed E-state index contributed by atoms with van der Waals surface area (Å²) in [7, 11) is 1.66. The van der Waals surface area contributed by atoms with E-state index in [1.165, 1.54) is 0 Å². The van der Waals surface area contributed by atoms with E-state index in [0.29, 0.717) is 6.42 Å². The molecule has 3 nitrogen and oxygen atoms in total. The molecule has 1 aromatic carbocycles. The standard InChI is InChI=1S/C15H17NO2S/c1-3-5-15(17)16-12-9-14(19-10-12)11-6-4-7-13(8-11)18-2/h4,6-10H,3,5H2,1-2H3,(H,16,17). The maximum Gasteiger partial charge on any atom is 0.224 e.